The molecule has 2 fully saturated rings. The molecule has 5 aliphatic rings. The summed E-state index contributed by atoms with van der Waals surface area (Å²) in [7, 11) is 0. The van der Waals surface area contributed by atoms with Gasteiger partial charge in [-0.3, -0.25) is 19.2 Å². The standard InChI is InChI=1S/C37H44N4O8/c42-34-28-12-9-14-40(28)36(44)24-20-30-32(22-26(24)38-34)48-18-11-19-49-33-23-27-25(37(45)41-15-10-13-29(41)35(43)39-27)21-31(33)47-17-8-6-4-2-1-3-5-7-16-46-30/h1-2,20-23,28-29H,3-19H2,(H,38,42)(H,39,43)/b2-1+/t28-,29?/m0/s1. The summed E-state index contributed by atoms with van der Waals surface area (Å²) in [5.41, 5.74) is 1.64. The van der Waals surface area contributed by atoms with Crippen LogP contribution in [0.3, 0.4) is 0 Å². The summed E-state index contributed by atoms with van der Waals surface area (Å²) in [5, 5.41) is 5.88. The molecule has 0 spiro atoms. The Morgan fingerprint density at radius 3 is 1.37 bits per heavy atom. The second-order valence-corrected chi connectivity index (χ2v) is 13.2. The normalized spacial score (nSPS) is 24.2. The maximum Gasteiger partial charge on any atom is 0.256 e. The molecule has 12 heteroatoms. The van der Waals surface area contributed by atoms with Crippen molar-refractivity contribution in [3.05, 3.63) is 47.5 Å². The van der Waals surface area contributed by atoms with E-state index in [9.17, 15) is 19.2 Å². The lowest BCUT2D eigenvalue weighted by molar-refractivity contribution is -0.120. The number of carbonyl (C=O) groups excluding carboxylic acids is 4. The minimum atomic E-state index is -0.468. The van der Waals surface area contributed by atoms with Crippen LogP contribution in [0.25, 0.3) is 0 Å². The van der Waals surface area contributed by atoms with E-state index in [1.54, 1.807) is 34.1 Å². The van der Waals surface area contributed by atoms with Crippen LogP contribution >= 0.6 is 0 Å². The number of hydrogen-bond acceptors (Lipinski definition) is 8. The van der Waals surface area contributed by atoms with Crippen molar-refractivity contribution in [3.63, 3.8) is 0 Å². The van der Waals surface area contributed by atoms with Crippen molar-refractivity contribution in [1.82, 2.24) is 9.80 Å². The van der Waals surface area contributed by atoms with Crippen LogP contribution in [-0.2, 0) is 9.59 Å². The van der Waals surface area contributed by atoms with Crippen LogP contribution in [0.2, 0.25) is 0 Å². The monoisotopic (exact) mass is 672 g/mol. The highest BCUT2D eigenvalue weighted by Gasteiger charge is 2.40. The summed E-state index contributed by atoms with van der Waals surface area (Å²) in [4.78, 5) is 56.2. The number of rotatable bonds is 0. The van der Waals surface area contributed by atoms with Crippen molar-refractivity contribution in [3.8, 4) is 23.0 Å². The zero-order valence-corrected chi connectivity index (χ0v) is 27.8. The number of amides is 4. The zero-order valence-electron chi connectivity index (χ0n) is 27.8. The van der Waals surface area contributed by atoms with Crippen LogP contribution in [-0.4, -0.2) is 85.0 Å². The maximum atomic E-state index is 13.5. The largest absolute Gasteiger partial charge is 0.490 e. The topological polar surface area (TPSA) is 136 Å². The first-order valence-corrected chi connectivity index (χ1v) is 17.7. The van der Waals surface area contributed by atoms with Gasteiger partial charge in [0.05, 0.1) is 48.9 Å². The lowest BCUT2D eigenvalue weighted by atomic mass is 10.1. The summed E-state index contributed by atoms with van der Waals surface area (Å²) in [5.74, 6) is 1.07. The van der Waals surface area contributed by atoms with Gasteiger partial charge in [0.15, 0.2) is 23.0 Å². The molecule has 5 heterocycles. The summed E-state index contributed by atoms with van der Waals surface area (Å²) in [6.07, 6.45) is 13.2. The van der Waals surface area contributed by atoms with E-state index in [1.165, 1.54) is 0 Å². The van der Waals surface area contributed by atoms with Gasteiger partial charge in [-0.05, 0) is 76.3 Å². The van der Waals surface area contributed by atoms with E-state index < -0.39 is 12.1 Å². The number of benzene rings is 2. The van der Waals surface area contributed by atoms with Gasteiger partial charge in [0.1, 0.15) is 12.1 Å². The van der Waals surface area contributed by atoms with Gasteiger partial charge in [-0.1, -0.05) is 12.2 Å². The van der Waals surface area contributed by atoms with E-state index in [-0.39, 0.29) is 36.8 Å². The highest BCUT2D eigenvalue weighted by Crippen LogP contribution is 2.39. The molecule has 0 bridgehead atoms. The summed E-state index contributed by atoms with van der Waals surface area (Å²) >= 11 is 0. The highest BCUT2D eigenvalue weighted by molar-refractivity contribution is 6.11. The molecule has 49 heavy (non-hydrogen) atoms. The Bertz CT molecular complexity index is 1520. The molecule has 7 rings (SSSR count). The molecule has 1 unspecified atom stereocenters. The smallest absolute Gasteiger partial charge is 0.256 e. The molecular formula is C37H44N4O8. The predicted molar refractivity (Wildman–Crippen MR) is 182 cm³/mol. The average Bonchev–Trinajstić information content (AvgIpc) is 3.76. The third-order valence-electron chi connectivity index (χ3n) is 9.79. The maximum absolute atomic E-state index is 13.5. The molecule has 12 nitrogen and oxygen atoms in total. The first-order valence-electron chi connectivity index (χ1n) is 17.7. The van der Waals surface area contributed by atoms with Crippen LogP contribution < -0.4 is 29.6 Å². The van der Waals surface area contributed by atoms with Crippen molar-refractivity contribution in [2.75, 3.05) is 50.2 Å². The van der Waals surface area contributed by atoms with Crippen molar-refractivity contribution in [2.45, 2.75) is 82.7 Å². The molecule has 5 aliphatic heterocycles. The number of carbonyl (C=O) groups is 4. The molecule has 0 aliphatic carbocycles. The Morgan fingerprint density at radius 2 is 0.918 bits per heavy atom. The van der Waals surface area contributed by atoms with Crippen molar-refractivity contribution >= 4 is 35.0 Å². The van der Waals surface area contributed by atoms with E-state index in [0.717, 1.165) is 51.4 Å². The fourth-order valence-electron chi connectivity index (χ4n) is 7.19. The summed E-state index contributed by atoms with van der Waals surface area (Å²) in [6.45, 7) is 2.57. The quantitative estimate of drug-likeness (QED) is 0.360. The van der Waals surface area contributed by atoms with Gasteiger partial charge in [0.25, 0.3) is 11.8 Å². The molecule has 2 atom stereocenters. The lowest BCUT2D eigenvalue weighted by Crippen LogP contribution is -2.40. The molecule has 0 aromatic heterocycles. The fourth-order valence-corrected chi connectivity index (χ4v) is 7.19. The molecule has 2 aromatic rings. The SMILES string of the molecule is O=C1Nc2cc3c(cc2C(=O)N2CCCC12)OCCCC/C=C/CCCCOc1cc2c(cc1OCCCO3)NC(=O)[C@@H]1CCCN1C2=O. The van der Waals surface area contributed by atoms with Crippen LogP contribution in [0.4, 0.5) is 11.4 Å². The Hall–Kier alpha value is -4.74. The van der Waals surface area contributed by atoms with Crippen LogP contribution in [0.1, 0.15) is 91.3 Å². The van der Waals surface area contributed by atoms with Crippen LogP contribution in [0.15, 0.2) is 36.4 Å². The third-order valence-corrected chi connectivity index (χ3v) is 9.79. The van der Waals surface area contributed by atoms with Crippen molar-refractivity contribution in [2.24, 2.45) is 0 Å². The van der Waals surface area contributed by atoms with Gasteiger partial charge in [-0.2, -0.15) is 0 Å². The molecule has 2 saturated heterocycles. The Morgan fingerprint density at radius 1 is 0.510 bits per heavy atom. The zero-order chi connectivity index (χ0) is 33.7. The van der Waals surface area contributed by atoms with Crippen molar-refractivity contribution < 1.29 is 38.1 Å². The lowest BCUT2D eigenvalue weighted by Gasteiger charge is -2.20. The van der Waals surface area contributed by atoms with E-state index in [1.807, 2.05) is 0 Å². The number of nitrogens with zero attached hydrogens (tertiary/aromatic N) is 2. The Balaban J connectivity index is 1.11. The third kappa shape index (κ3) is 7.04. The van der Waals surface area contributed by atoms with E-state index in [4.69, 9.17) is 18.9 Å². The number of anilines is 2. The number of ether oxygens (including phenoxy) is 4. The van der Waals surface area contributed by atoms with Gasteiger partial charge < -0.3 is 39.4 Å². The molecule has 2 N–H and O–H groups in total. The Kier molecular flexibility index (Phi) is 9.90. The number of fused-ring (bicyclic) bond motifs is 6. The molecular weight excluding hydrogens is 628 g/mol. The second kappa shape index (κ2) is 14.8. The molecule has 2 aromatic carbocycles. The van der Waals surface area contributed by atoms with Gasteiger partial charge in [-0.25, -0.2) is 0 Å². The molecule has 0 saturated carbocycles. The number of hydrogen-bond donors (Lipinski definition) is 2. The van der Waals surface area contributed by atoms with Crippen LogP contribution in [0.5, 0.6) is 23.0 Å². The van der Waals surface area contributed by atoms with Gasteiger partial charge in [-0.15, -0.1) is 0 Å². The highest BCUT2D eigenvalue weighted by atomic mass is 16.5. The van der Waals surface area contributed by atoms with Crippen molar-refractivity contribution in [1.29, 1.82) is 0 Å². The van der Waals surface area contributed by atoms with E-state index >= 15 is 0 Å². The first-order chi connectivity index (χ1) is 24.0. The number of nitrogens with one attached hydrogen (secondary N) is 2. The molecule has 4 amide bonds. The first kappa shape index (κ1) is 32.8. The minimum Gasteiger partial charge on any atom is -0.490 e. The average molecular weight is 673 g/mol. The van der Waals surface area contributed by atoms with E-state index in [2.05, 4.69) is 22.8 Å². The molecule has 0 radical (unpaired) electrons. The Labute approximate surface area is 286 Å². The predicted octanol–water partition coefficient (Wildman–Crippen LogP) is 5.32. The van der Waals surface area contributed by atoms with E-state index in [0.29, 0.717) is 91.1 Å². The number of allylic oxidation sites excluding steroid dienone is 2. The fraction of sp³-hybridized carbons (Fsp3) is 0.514. The minimum absolute atomic E-state index is 0.180. The van der Waals surface area contributed by atoms with Gasteiger partial charge in [0, 0.05) is 31.6 Å². The van der Waals surface area contributed by atoms with Crippen LogP contribution in [0, 0.1) is 0 Å². The second-order valence-electron chi connectivity index (χ2n) is 13.2. The van der Waals surface area contributed by atoms with Gasteiger partial charge >= 0.3 is 0 Å². The van der Waals surface area contributed by atoms with Gasteiger partial charge in [0.2, 0.25) is 11.8 Å². The molecule has 260 valence electrons. The summed E-state index contributed by atoms with van der Waals surface area (Å²) in [6, 6.07) is 5.82. The summed E-state index contributed by atoms with van der Waals surface area (Å²) < 4.78 is 24.8.